The van der Waals surface area contributed by atoms with Crippen molar-refractivity contribution in [1.82, 2.24) is 0 Å². The molecule has 3 rings (SSSR count). The summed E-state index contributed by atoms with van der Waals surface area (Å²) in [6, 6.07) is 9.06. The average Bonchev–Trinajstić information content (AvgIpc) is 2.63. The molecule has 0 aromatic carbocycles. The minimum absolute atomic E-state index is 0.583. The Labute approximate surface area is 60.9 Å². The minimum Gasteiger partial charge on any atom is -0.328 e. The van der Waals surface area contributed by atoms with Crippen molar-refractivity contribution in [3.8, 4) is 11.1 Å². The minimum atomic E-state index is 0.583. The molecule has 0 aromatic heterocycles. The molecule has 0 unspecified atom stereocenters. The van der Waals surface area contributed by atoms with Gasteiger partial charge in [0.1, 0.15) is 0 Å². The smallest absolute Gasteiger partial charge is 0.00399 e. The van der Waals surface area contributed by atoms with Crippen LogP contribution >= 0.6 is 0 Å². The fourth-order valence-corrected chi connectivity index (χ4v) is 0.759. The molecule has 3 aliphatic carbocycles. The van der Waals surface area contributed by atoms with Gasteiger partial charge in [-0.15, -0.1) is 0 Å². The molecule has 0 saturated heterocycles. The zero-order valence-corrected chi connectivity index (χ0v) is 5.88. The van der Waals surface area contributed by atoms with Gasteiger partial charge in [-0.05, 0) is 24.0 Å². The van der Waals surface area contributed by atoms with Crippen molar-refractivity contribution in [2.75, 3.05) is 0 Å². The van der Waals surface area contributed by atoms with Gasteiger partial charge in [0.05, 0.1) is 0 Å². The number of hydrogen-bond donors (Lipinski definition) is 1. The molecular formula is C9H11N. The molecule has 0 spiro atoms. The Morgan fingerprint density at radius 3 is 1.30 bits per heavy atom. The first-order chi connectivity index (χ1) is 4.86. The second-order valence-electron chi connectivity index (χ2n) is 2.91. The molecule has 0 heterocycles. The fraction of sp³-hybridized carbons (Fsp3) is 0.333. The van der Waals surface area contributed by atoms with E-state index >= 15 is 0 Å². The molecule has 0 bridgehead atoms. The summed E-state index contributed by atoms with van der Waals surface area (Å²) in [4.78, 5) is 0. The Kier molecular flexibility index (Phi) is 1.24. The molecule has 0 atom stereocenters. The highest BCUT2D eigenvalue weighted by Crippen LogP contribution is 2.29. The summed E-state index contributed by atoms with van der Waals surface area (Å²) in [6.45, 7) is 0. The summed E-state index contributed by atoms with van der Waals surface area (Å²) in [7, 11) is 0. The first-order valence-corrected chi connectivity index (χ1v) is 3.72. The van der Waals surface area contributed by atoms with Crippen LogP contribution in [0, 0.1) is 0 Å². The van der Waals surface area contributed by atoms with Crippen molar-refractivity contribution < 1.29 is 0 Å². The average molecular weight is 133 g/mol. The van der Waals surface area contributed by atoms with Gasteiger partial charge in [-0.2, -0.15) is 0 Å². The van der Waals surface area contributed by atoms with E-state index in [-0.39, 0.29) is 0 Å². The number of rotatable bonds is 0. The molecule has 1 heteroatoms. The van der Waals surface area contributed by atoms with Gasteiger partial charge in [-0.1, -0.05) is 24.3 Å². The van der Waals surface area contributed by atoms with Gasteiger partial charge in [0, 0.05) is 6.04 Å². The van der Waals surface area contributed by atoms with Crippen LogP contribution in [0.15, 0.2) is 24.3 Å². The number of benzene rings is 1. The highest BCUT2D eigenvalue weighted by molar-refractivity contribution is 5.75. The van der Waals surface area contributed by atoms with Crippen LogP contribution < -0.4 is 5.73 Å². The molecule has 0 aliphatic heterocycles. The van der Waals surface area contributed by atoms with E-state index in [2.05, 4.69) is 24.3 Å². The monoisotopic (exact) mass is 133 g/mol. The Morgan fingerprint density at radius 1 is 1.00 bits per heavy atom. The van der Waals surface area contributed by atoms with E-state index in [1.165, 1.54) is 24.0 Å². The van der Waals surface area contributed by atoms with Crippen molar-refractivity contribution in [3.63, 3.8) is 0 Å². The molecule has 10 heavy (non-hydrogen) atoms. The topological polar surface area (TPSA) is 26.0 Å². The van der Waals surface area contributed by atoms with Gasteiger partial charge in [-0.3, -0.25) is 0 Å². The highest BCUT2D eigenvalue weighted by Gasteiger charge is 2.13. The summed E-state index contributed by atoms with van der Waals surface area (Å²) in [6.07, 6.45) is 2.53. The van der Waals surface area contributed by atoms with Crippen molar-refractivity contribution in [3.05, 3.63) is 24.3 Å². The summed E-state index contributed by atoms with van der Waals surface area (Å²) in [5, 5.41) is 0. The van der Waals surface area contributed by atoms with Gasteiger partial charge in [-0.25, -0.2) is 0 Å². The number of hydrogen-bond acceptors (Lipinski definition) is 1. The normalized spacial score (nSPS) is 17.3. The molecule has 0 aromatic rings. The first-order valence-electron chi connectivity index (χ1n) is 3.72. The standard InChI is InChI=1S/C6H4.C3H7N/c1-2-6-4-3-5(1)6;4-3-1-2-3/h1-4H;3H,1-2,4H2. The summed E-state index contributed by atoms with van der Waals surface area (Å²) in [5.74, 6) is 0. The zero-order chi connectivity index (χ0) is 6.97. The zero-order valence-electron chi connectivity index (χ0n) is 5.88. The van der Waals surface area contributed by atoms with Crippen LogP contribution in [-0.2, 0) is 0 Å². The lowest BCUT2D eigenvalue weighted by Gasteiger charge is -2.10. The van der Waals surface area contributed by atoms with Crippen molar-refractivity contribution in [1.29, 1.82) is 0 Å². The highest BCUT2D eigenvalue weighted by atomic mass is 14.7. The van der Waals surface area contributed by atoms with Crippen LogP contribution in [0.3, 0.4) is 0 Å². The van der Waals surface area contributed by atoms with Crippen molar-refractivity contribution in [2.45, 2.75) is 18.9 Å². The lowest BCUT2D eigenvalue weighted by atomic mass is 9.95. The molecular weight excluding hydrogens is 122 g/mol. The lowest BCUT2D eigenvalue weighted by Crippen LogP contribution is -1.94. The van der Waals surface area contributed by atoms with E-state index in [1.807, 2.05) is 0 Å². The van der Waals surface area contributed by atoms with Crippen LogP contribution in [0.25, 0.3) is 11.1 Å². The maximum atomic E-state index is 5.22. The molecule has 0 radical (unpaired) electrons. The molecule has 1 saturated carbocycles. The second kappa shape index (κ2) is 2.10. The number of fused-ring (bicyclic) bond motifs is 1. The lowest BCUT2D eigenvalue weighted by molar-refractivity contribution is 1.07. The molecule has 1 nitrogen and oxygen atoms in total. The second-order valence-corrected chi connectivity index (χ2v) is 2.91. The largest absolute Gasteiger partial charge is 0.328 e. The summed E-state index contributed by atoms with van der Waals surface area (Å²) >= 11 is 0. The Balaban J connectivity index is 0.0000000886. The maximum absolute atomic E-state index is 5.22. The SMILES string of the molecule is NC1CC1.c1cc2ccc1-2. The summed E-state index contributed by atoms with van der Waals surface area (Å²) < 4.78 is 0. The van der Waals surface area contributed by atoms with Crippen LogP contribution in [0.5, 0.6) is 0 Å². The third-order valence-corrected chi connectivity index (χ3v) is 1.84. The van der Waals surface area contributed by atoms with Gasteiger partial charge >= 0.3 is 0 Å². The van der Waals surface area contributed by atoms with E-state index in [4.69, 9.17) is 5.73 Å². The third-order valence-electron chi connectivity index (χ3n) is 1.84. The van der Waals surface area contributed by atoms with Crippen LogP contribution in [0.4, 0.5) is 0 Å². The predicted octanol–water partition coefficient (Wildman–Crippen LogP) is 1.77. The van der Waals surface area contributed by atoms with Crippen molar-refractivity contribution >= 4 is 0 Å². The summed E-state index contributed by atoms with van der Waals surface area (Å²) in [5.41, 5.74) is 8.07. The maximum Gasteiger partial charge on any atom is 0.00399 e. The van der Waals surface area contributed by atoms with E-state index in [0.29, 0.717) is 6.04 Å². The van der Waals surface area contributed by atoms with E-state index < -0.39 is 0 Å². The Hall–Kier alpha value is -0.820. The van der Waals surface area contributed by atoms with Crippen LogP contribution in [0.2, 0.25) is 0 Å². The van der Waals surface area contributed by atoms with Gasteiger partial charge < -0.3 is 5.73 Å². The predicted molar refractivity (Wildman–Crippen MR) is 42.6 cm³/mol. The van der Waals surface area contributed by atoms with E-state index in [0.717, 1.165) is 0 Å². The molecule has 2 N–H and O–H groups in total. The third kappa shape index (κ3) is 1.05. The van der Waals surface area contributed by atoms with E-state index in [9.17, 15) is 0 Å². The molecule has 52 valence electrons. The van der Waals surface area contributed by atoms with Gasteiger partial charge in [0.2, 0.25) is 0 Å². The quantitative estimate of drug-likeness (QED) is 0.582. The fourth-order valence-electron chi connectivity index (χ4n) is 0.759. The molecule has 0 amide bonds. The van der Waals surface area contributed by atoms with Crippen molar-refractivity contribution in [2.24, 2.45) is 5.73 Å². The van der Waals surface area contributed by atoms with Gasteiger partial charge in [0.25, 0.3) is 0 Å². The molecule has 3 aliphatic rings. The van der Waals surface area contributed by atoms with Gasteiger partial charge in [0.15, 0.2) is 0 Å². The number of nitrogens with two attached hydrogens (primary N) is 1. The van der Waals surface area contributed by atoms with Crippen LogP contribution in [-0.4, -0.2) is 6.04 Å². The first kappa shape index (κ1) is 5.93. The van der Waals surface area contributed by atoms with E-state index in [1.54, 1.807) is 0 Å². The molecule has 1 fully saturated rings. The Morgan fingerprint density at radius 2 is 1.30 bits per heavy atom. The van der Waals surface area contributed by atoms with Crippen LogP contribution in [0.1, 0.15) is 12.8 Å². The Bertz CT molecular complexity index is 200.